The first-order chi connectivity index (χ1) is 24.8. The number of rotatable bonds is 12. The van der Waals surface area contributed by atoms with Crippen LogP contribution in [0.15, 0.2) is 66.7 Å². The van der Waals surface area contributed by atoms with E-state index < -0.39 is 6.04 Å². The highest BCUT2D eigenvalue weighted by molar-refractivity contribution is 5.98. The lowest BCUT2D eigenvalue weighted by Crippen LogP contribution is -2.48. The summed E-state index contributed by atoms with van der Waals surface area (Å²) in [5.74, 6) is 0.419. The Kier molecular flexibility index (Phi) is 13.5. The van der Waals surface area contributed by atoms with Crippen molar-refractivity contribution in [1.29, 1.82) is 0 Å². The summed E-state index contributed by atoms with van der Waals surface area (Å²) in [4.78, 5) is 40.2. The van der Waals surface area contributed by atoms with Crippen molar-refractivity contribution in [3.8, 4) is 22.5 Å². The van der Waals surface area contributed by atoms with Gasteiger partial charge in [-0.1, -0.05) is 30.3 Å². The van der Waals surface area contributed by atoms with Gasteiger partial charge >= 0.3 is 0 Å². The van der Waals surface area contributed by atoms with E-state index >= 15 is 0 Å². The number of nitrogens with two attached hydrogens (primary N) is 1. The molecule has 0 spiro atoms. The van der Waals surface area contributed by atoms with Gasteiger partial charge in [0.25, 0.3) is 5.91 Å². The van der Waals surface area contributed by atoms with Crippen LogP contribution in [0.25, 0.3) is 22.5 Å². The van der Waals surface area contributed by atoms with Crippen molar-refractivity contribution in [2.24, 2.45) is 17.6 Å². The van der Waals surface area contributed by atoms with Gasteiger partial charge in [0.05, 0.1) is 0 Å². The second kappa shape index (κ2) is 18.2. The molecule has 3 aromatic carbocycles. The zero-order valence-corrected chi connectivity index (χ0v) is 30.7. The highest BCUT2D eigenvalue weighted by Gasteiger charge is 2.29. The summed E-state index contributed by atoms with van der Waals surface area (Å²) in [5, 5.41) is 26.5. The number of amides is 3. The second-order valence-corrected chi connectivity index (χ2v) is 14.1. The van der Waals surface area contributed by atoms with Crippen molar-refractivity contribution in [1.82, 2.24) is 36.6 Å². The van der Waals surface area contributed by atoms with E-state index in [1.807, 2.05) is 68.6 Å². The lowest BCUT2D eigenvalue weighted by Gasteiger charge is -2.28. The van der Waals surface area contributed by atoms with Crippen LogP contribution in [0.5, 0.6) is 0 Å². The summed E-state index contributed by atoms with van der Waals surface area (Å²) < 4.78 is 0. The number of nitrogens with one attached hydrogen (secondary N) is 5. The summed E-state index contributed by atoms with van der Waals surface area (Å²) in [6, 6.07) is 21.0. The molecule has 1 heterocycles. The first-order valence-electron chi connectivity index (χ1n) is 18.1. The van der Waals surface area contributed by atoms with Gasteiger partial charge in [0, 0.05) is 41.2 Å². The van der Waals surface area contributed by atoms with Crippen molar-refractivity contribution in [3.05, 3.63) is 83.4 Å². The van der Waals surface area contributed by atoms with Crippen LogP contribution < -0.4 is 27.0 Å². The molecule has 0 radical (unpaired) electrons. The zero-order valence-electron chi connectivity index (χ0n) is 29.9. The number of hydrogen-bond donors (Lipinski definition) is 6. The van der Waals surface area contributed by atoms with Crippen LogP contribution >= 0.6 is 12.4 Å². The Morgan fingerprint density at radius 1 is 0.865 bits per heavy atom. The van der Waals surface area contributed by atoms with Gasteiger partial charge < -0.3 is 27.0 Å². The zero-order chi connectivity index (χ0) is 35.7. The number of halogens is 1. The van der Waals surface area contributed by atoms with Crippen LogP contribution in [-0.4, -0.2) is 70.1 Å². The Balaban J connectivity index is 0.00000523. The van der Waals surface area contributed by atoms with Crippen molar-refractivity contribution < 1.29 is 14.4 Å². The largest absolute Gasteiger partial charge is 0.349 e. The lowest BCUT2D eigenvalue weighted by atomic mass is 9.81. The van der Waals surface area contributed by atoms with Gasteiger partial charge in [-0.25, -0.2) is 5.10 Å². The van der Waals surface area contributed by atoms with E-state index in [0.717, 1.165) is 79.2 Å². The molecule has 4 aromatic rings. The van der Waals surface area contributed by atoms with Gasteiger partial charge in [-0.2, -0.15) is 0 Å². The molecule has 2 fully saturated rings. The van der Waals surface area contributed by atoms with Gasteiger partial charge in [0.1, 0.15) is 6.04 Å². The molecule has 0 saturated heterocycles. The molecular weight excluding hydrogens is 678 g/mol. The minimum Gasteiger partial charge on any atom is -0.349 e. The Morgan fingerprint density at radius 3 is 2.15 bits per heavy atom. The van der Waals surface area contributed by atoms with Crippen molar-refractivity contribution in [2.75, 3.05) is 18.9 Å². The minimum atomic E-state index is -0.776. The third-order valence-corrected chi connectivity index (χ3v) is 10.6. The van der Waals surface area contributed by atoms with E-state index in [0.29, 0.717) is 42.0 Å². The normalized spacial score (nSPS) is 20.6. The van der Waals surface area contributed by atoms with E-state index in [1.54, 1.807) is 12.1 Å². The quantitative estimate of drug-likeness (QED) is 0.119. The topological polar surface area (TPSA) is 180 Å². The number of H-pyrrole nitrogens is 1. The number of nitrogens with zero attached hydrogens (tertiary/aromatic N) is 3. The number of carbonyl (C=O) groups is 3. The number of hydrogen-bond acceptors (Lipinski definition) is 8. The summed E-state index contributed by atoms with van der Waals surface area (Å²) in [5.41, 5.74) is 11.9. The average molecular weight is 728 g/mol. The molecule has 7 N–H and O–H groups in total. The second-order valence-electron chi connectivity index (χ2n) is 14.1. The molecule has 0 bridgehead atoms. The van der Waals surface area contributed by atoms with Gasteiger partial charge in [0.2, 0.25) is 11.8 Å². The fourth-order valence-electron chi connectivity index (χ4n) is 7.36. The van der Waals surface area contributed by atoms with Crippen molar-refractivity contribution >= 4 is 35.8 Å². The van der Waals surface area contributed by atoms with E-state index in [9.17, 15) is 14.4 Å². The van der Waals surface area contributed by atoms with Crippen molar-refractivity contribution in [3.63, 3.8) is 0 Å². The Labute approximate surface area is 311 Å². The summed E-state index contributed by atoms with van der Waals surface area (Å²) in [6.07, 6.45) is 7.81. The lowest BCUT2D eigenvalue weighted by molar-refractivity contribution is -0.130. The SMILES string of the molecule is CNC1CCC(NC(=O)c2ccc(-c3ccc(C[C@H](NC(=O)[C@H]4CC[C@H](CN)CC4)C(=O)Nc4ccc(-c5nnn[nH]5)cc4)cc3)c(C)c2)CC1.Cl. The molecule has 0 aliphatic heterocycles. The predicted molar refractivity (Wildman–Crippen MR) is 205 cm³/mol. The van der Waals surface area contributed by atoms with Crippen molar-refractivity contribution in [2.45, 2.75) is 82.8 Å². The summed E-state index contributed by atoms with van der Waals surface area (Å²) in [6.45, 7) is 2.66. The summed E-state index contributed by atoms with van der Waals surface area (Å²) >= 11 is 0. The van der Waals surface area contributed by atoms with Gasteiger partial charge in [-0.15, -0.1) is 17.5 Å². The molecule has 52 heavy (non-hydrogen) atoms. The molecule has 3 amide bonds. The minimum absolute atomic E-state index is 0. The standard InChI is InChI=1S/C39H49N9O3.ClH/c1-24-21-30(38(50)42-33-18-16-31(41-2)17-19-33)13-20-34(24)27-7-3-25(4-8-27)22-35(44-37(49)29-9-5-26(23-40)6-10-29)39(51)43-32-14-11-28(12-15-32)36-45-47-48-46-36;/h3-4,7-8,11-15,20-21,26,29,31,33,35,41H,5-6,9-10,16-19,22-23,40H2,1-2H3,(H,42,50)(H,43,51)(H,44,49)(H,45,46,47,48);1H/t26-,29-,31?,33?,35-;/m0./s1. The maximum Gasteiger partial charge on any atom is 0.251 e. The molecule has 1 atom stereocenters. The third kappa shape index (κ3) is 9.81. The highest BCUT2D eigenvalue weighted by Crippen LogP contribution is 2.29. The molecule has 13 heteroatoms. The monoisotopic (exact) mass is 727 g/mol. The van der Waals surface area contributed by atoms with Crippen LogP contribution in [-0.2, 0) is 16.0 Å². The van der Waals surface area contributed by atoms with E-state index in [2.05, 4.69) is 41.9 Å². The molecule has 6 rings (SSSR count). The average Bonchev–Trinajstić information content (AvgIpc) is 3.71. The number of carbonyl (C=O) groups excluding carboxylic acids is 3. The predicted octanol–water partition coefficient (Wildman–Crippen LogP) is 4.96. The van der Waals surface area contributed by atoms with E-state index in [1.165, 1.54) is 0 Å². The molecule has 12 nitrogen and oxygen atoms in total. The van der Waals surface area contributed by atoms with Crippen LogP contribution in [0, 0.1) is 18.8 Å². The summed E-state index contributed by atoms with van der Waals surface area (Å²) in [7, 11) is 2.00. The third-order valence-electron chi connectivity index (χ3n) is 10.6. The van der Waals surface area contributed by atoms with E-state index in [4.69, 9.17) is 5.73 Å². The van der Waals surface area contributed by atoms with Gasteiger partial charge in [0.15, 0.2) is 5.82 Å². The molecule has 2 aliphatic rings. The Morgan fingerprint density at radius 2 is 1.54 bits per heavy atom. The van der Waals surface area contributed by atoms with Crippen LogP contribution in [0.2, 0.25) is 0 Å². The molecular formula is C39H50ClN9O3. The molecule has 276 valence electrons. The molecule has 2 saturated carbocycles. The number of anilines is 1. The van der Waals surface area contributed by atoms with Crippen LogP contribution in [0.3, 0.4) is 0 Å². The van der Waals surface area contributed by atoms with Gasteiger partial charge in [-0.05, 0) is 147 Å². The molecule has 2 aliphatic carbocycles. The molecule has 1 aromatic heterocycles. The fraction of sp³-hybridized carbons (Fsp3) is 0.436. The molecule has 0 unspecified atom stereocenters. The maximum absolute atomic E-state index is 13.7. The number of aromatic amines is 1. The Hall–Kier alpha value is -4.65. The van der Waals surface area contributed by atoms with Gasteiger partial charge in [-0.3, -0.25) is 14.4 Å². The van der Waals surface area contributed by atoms with Crippen LogP contribution in [0.1, 0.15) is 72.9 Å². The smallest absolute Gasteiger partial charge is 0.251 e. The van der Waals surface area contributed by atoms with E-state index in [-0.39, 0.29) is 42.1 Å². The number of aryl methyl sites for hydroxylation is 1. The maximum atomic E-state index is 13.7. The first-order valence-corrected chi connectivity index (χ1v) is 18.1. The number of aromatic nitrogens is 4. The Bertz CT molecular complexity index is 1770. The van der Waals surface area contributed by atoms with Crippen LogP contribution in [0.4, 0.5) is 5.69 Å². The number of benzene rings is 3. The fourth-order valence-corrected chi connectivity index (χ4v) is 7.36. The first kappa shape index (κ1) is 38.6. The highest BCUT2D eigenvalue weighted by atomic mass is 35.5. The number of tetrazole rings is 1.